The lowest BCUT2D eigenvalue weighted by Crippen LogP contribution is -2.59. The molecule has 4 aromatic heterocycles. The van der Waals surface area contributed by atoms with Crippen LogP contribution in [0.1, 0.15) is 77.0 Å². The molecular weight excluding hydrogens is 955 g/mol. The number of carbonyl (C=O) groups is 2. The van der Waals surface area contributed by atoms with Crippen LogP contribution in [0.4, 0.5) is 11.9 Å². The first-order chi connectivity index (χ1) is 34.4. The van der Waals surface area contributed by atoms with E-state index >= 15 is 0 Å². The molecule has 6 aromatic rings. The Morgan fingerprint density at radius 3 is 1.55 bits per heavy atom. The molecule has 372 valence electrons. The lowest BCUT2D eigenvalue weighted by molar-refractivity contribution is -0.129. The second kappa shape index (κ2) is 20.6. The molecule has 14 nitrogen and oxygen atoms in total. The van der Waals surface area contributed by atoms with Crippen LogP contribution in [0.25, 0.3) is 44.3 Å². The number of aromatic amines is 2. The summed E-state index contributed by atoms with van der Waals surface area (Å²) in [6.07, 6.45) is 24.2. The zero-order valence-corrected chi connectivity index (χ0v) is 42.5. The minimum absolute atomic E-state index is 0.00235. The van der Waals surface area contributed by atoms with Gasteiger partial charge < -0.3 is 30.8 Å². The number of fused-ring (bicyclic) bond motifs is 6. The quantitative estimate of drug-likeness (QED) is 0.0656. The van der Waals surface area contributed by atoms with Crippen molar-refractivity contribution in [3.05, 3.63) is 109 Å². The molecule has 2 saturated heterocycles. The van der Waals surface area contributed by atoms with E-state index in [1.54, 1.807) is 12.4 Å². The first-order valence-electron chi connectivity index (χ1n) is 25.1. The predicted octanol–water partition coefficient (Wildman–Crippen LogP) is 10.2. The molecular formula is C54H63Cl3N12O2. The Morgan fingerprint density at radius 1 is 0.620 bits per heavy atom. The van der Waals surface area contributed by atoms with Crippen molar-refractivity contribution in [2.45, 2.75) is 99.2 Å². The van der Waals surface area contributed by atoms with Crippen molar-refractivity contribution in [1.82, 2.24) is 49.9 Å². The number of nitrogens with zero attached hydrogens (tertiary/aromatic N) is 7. The number of anilines is 2. The average molecular weight is 1020 g/mol. The summed E-state index contributed by atoms with van der Waals surface area (Å²) in [6.45, 7) is 14.7. The predicted molar refractivity (Wildman–Crippen MR) is 286 cm³/mol. The molecule has 6 fully saturated rings. The van der Waals surface area contributed by atoms with Gasteiger partial charge >= 0.3 is 0 Å². The Labute approximate surface area is 430 Å². The van der Waals surface area contributed by atoms with Crippen molar-refractivity contribution < 1.29 is 9.59 Å². The second-order valence-electron chi connectivity index (χ2n) is 20.4. The van der Waals surface area contributed by atoms with Gasteiger partial charge in [0.05, 0.1) is 33.8 Å². The van der Waals surface area contributed by atoms with Crippen molar-refractivity contribution >= 4 is 79.7 Å². The fraction of sp³-hybridized carbons (Fsp3) is 0.444. The lowest BCUT2D eigenvalue weighted by Gasteiger charge is -2.49. The molecule has 4 saturated carbocycles. The molecule has 4 aliphatic carbocycles. The number of nitrogens with one attached hydrogen (secondary N) is 5. The van der Waals surface area contributed by atoms with E-state index < -0.39 is 5.24 Å². The molecule has 2 aromatic carbocycles. The maximum absolute atomic E-state index is 12.0. The molecule has 1 amide bonds. The van der Waals surface area contributed by atoms with Crippen molar-refractivity contribution in [2.24, 2.45) is 0 Å². The van der Waals surface area contributed by atoms with Gasteiger partial charge in [-0.15, -0.1) is 0 Å². The van der Waals surface area contributed by atoms with E-state index in [2.05, 4.69) is 83.1 Å². The number of carbonyl (C=O) groups excluding carboxylic acids is 2. The molecule has 71 heavy (non-hydrogen) atoms. The lowest BCUT2D eigenvalue weighted by atomic mass is 9.77. The van der Waals surface area contributed by atoms with Crippen LogP contribution in [-0.4, -0.2) is 130 Å². The zero-order chi connectivity index (χ0) is 49.2. The molecule has 17 heteroatoms. The van der Waals surface area contributed by atoms with Crippen LogP contribution in [0.5, 0.6) is 0 Å². The molecule has 6 heterocycles. The van der Waals surface area contributed by atoms with E-state index in [0.717, 1.165) is 128 Å². The first kappa shape index (κ1) is 49.2. The summed E-state index contributed by atoms with van der Waals surface area (Å²) < 4.78 is 0. The third-order valence-corrected chi connectivity index (χ3v) is 17.1. The first-order valence-corrected chi connectivity index (χ1v) is 26.3. The highest BCUT2D eigenvalue weighted by atomic mass is 35.5. The Kier molecular flexibility index (Phi) is 14.3. The van der Waals surface area contributed by atoms with Gasteiger partial charge in [-0.05, 0) is 113 Å². The van der Waals surface area contributed by atoms with Gasteiger partial charge in [-0.2, -0.15) is 0 Å². The number of hydrogen-bond donors (Lipinski definition) is 5. The van der Waals surface area contributed by atoms with Crippen LogP contribution in [0.3, 0.4) is 0 Å². The summed E-state index contributed by atoms with van der Waals surface area (Å²) >= 11 is 17.8. The molecule has 4 atom stereocenters. The van der Waals surface area contributed by atoms with E-state index in [0.29, 0.717) is 27.5 Å². The smallest absolute Gasteiger partial charge is 0.246 e. The summed E-state index contributed by atoms with van der Waals surface area (Å²) in [4.78, 5) is 54.4. The highest BCUT2D eigenvalue weighted by molar-refractivity contribution is 6.66. The summed E-state index contributed by atoms with van der Waals surface area (Å²) in [6, 6.07) is 16.4. The molecule has 4 unspecified atom stereocenters. The van der Waals surface area contributed by atoms with Gasteiger partial charge in [-0.25, -0.2) is 19.9 Å². The van der Waals surface area contributed by atoms with Crippen LogP contribution < -0.4 is 16.0 Å². The zero-order valence-electron chi connectivity index (χ0n) is 40.2. The maximum Gasteiger partial charge on any atom is 0.246 e. The van der Waals surface area contributed by atoms with E-state index in [-0.39, 0.29) is 22.5 Å². The SMILES string of the molecule is C=CC(=O)Cl.C=CC(=O)N1CCN(C23CCCC(Nc4ncc(Cl)c(-c5c[nH]c6ccccc56)n4)(CC2)C3)CC1.Clc1cnc(NC23CCCC(N4CCNCC4)(CC2)C3)nc1-c1c[nH]c2ccccc12. The Hall–Kier alpha value is -5.35. The molecule has 0 radical (unpaired) electrons. The Morgan fingerprint density at radius 2 is 1.08 bits per heavy atom. The number of aromatic nitrogens is 6. The van der Waals surface area contributed by atoms with E-state index in [1.165, 1.54) is 57.4 Å². The van der Waals surface area contributed by atoms with Crippen LogP contribution in [0, 0.1) is 0 Å². The van der Waals surface area contributed by atoms with Gasteiger partial charge in [-0.1, -0.05) is 72.8 Å². The number of benzene rings is 2. The average Bonchev–Trinajstić information content (AvgIpc) is 4.16. The van der Waals surface area contributed by atoms with Crippen molar-refractivity contribution in [1.29, 1.82) is 0 Å². The number of allylic oxidation sites excluding steroid dienone is 1. The summed E-state index contributed by atoms with van der Waals surface area (Å²) in [5.74, 6) is 1.38. The van der Waals surface area contributed by atoms with Crippen molar-refractivity contribution in [3.8, 4) is 22.5 Å². The number of para-hydroxylation sites is 2. The van der Waals surface area contributed by atoms with Crippen LogP contribution in [0.15, 0.2) is 98.6 Å². The standard InChI is InChI=1S/C27H31ClN6O.C24H29ClN6.C3H3ClO/c1-2-23(35)33-12-14-34(15-13-33)27-9-5-8-26(18-27,10-11-27)32-25-30-17-21(28)24(31-25)20-16-29-22-7-4-3-6-19(20)22;25-19-15-28-22(29-21(19)18-14-27-20-5-2-1-4-17(18)20)30-23-6-3-7-24(16-23,9-8-23)31-12-10-26-11-13-31;1-2-3(4)5/h2-4,6-7,16-17,29H,1,5,8-15,18H2,(H,30,31,32);1-2,4-5,14-15,26-27H,3,6-13,16H2,(H,28,29,30);2H,1H2. The summed E-state index contributed by atoms with van der Waals surface area (Å²) in [5.41, 5.74) is 6.33. The van der Waals surface area contributed by atoms with Gasteiger partial charge in [0, 0.05) is 120 Å². The molecule has 0 spiro atoms. The number of hydrogen-bond acceptors (Lipinski definition) is 11. The molecule has 4 bridgehead atoms. The van der Waals surface area contributed by atoms with Gasteiger partial charge in [0.1, 0.15) is 0 Å². The fourth-order valence-electron chi connectivity index (χ4n) is 13.0. The Balaban J connectivity index is 0.000000151. The molecule has 5 N–H and O–H groups in total. The van der Waals surface area contributed by atoms with Crippen molar-refractivity contribution in [2.75, 3.05) is 63.0 Å². The third kappa shape index (κ3) is 10.1. The minimum atomic E-state index is -0.509. The van der Waals surface area contributed by atoms with Crippen molar-refractivity contribution in [3.63, 3.8) is 0 Å². The normalized spacial score (nSPS) is 26.2. The monoisotopic (exact) mass is 1020 g/mol. The second-order valence-corrected chi connectivity index (χ2v) is 21.5. The van der Waals surface area contributed by atoms with Gasteiger partial charge in [0.25, 0.3) is 0 Å². The number of piperazine rings is 2. The molecule has 6 aliphatic rings. The van der Waals surface area contributed by atoms with Gasteiger partial charge in [0.15, 0.2) is 0 Å². The van der Waals surface area contributed by atoms with Crippen LogP contribution >= 0.6 is 34.8 Å². The highest BCUT2D eigenvalue weighted by Crippen LogP contribution is 2.54. The molecule has 12 rings (SSSR count). The Bertz CT molecular complexity index is 2930. The summed E-state index contributed by atoms with van der Waals surface area (Å²) in [7, 11) is 0. The fourth-order valence-corrected chi connectivity index (χ4v) is 13.4. The topological polar surface area (TPSA) is 163 Å². The van der Waals surface area contributed by atoms with Gasteiger partial charge in [-0.3, -0.25) is 19.4 Å². The van der Waals surface area contributed by atoms with Gasteiger partial charge in [0.2, 0.25) is 23.0 Å². The largest absolute Gasteiger partial charge is 0.360 e. The van der Waals surface area contributed by atoms with E-state index in [1.807, 2.05) is 41.6 Å². The maximum atomic E-state index is 12.0. The highest BCUT2D eigenvalue weighted by Gasteiger charge is 2.55. The third-order valence-electron chi connectivity index (χ3n) is 16.4. The van der Waals surface area contributed by atoms with Crippen LogP contribution in [-0.2, 0) is 9.59 Å². The van der Waals surface area contributed by atoms with Crippen LogP contribution in [0.2, 0.25) is 10.0 Å². The summed E-state index contributed by atoms with van der Waals surface area (Å²) in [5, 5.41) is 13.9. The molecule has 2 aliphatic heterocycles. The van der Waals surface area contributed by atoms with E-state index in [9.17, 15) is 9.59 Å². The number of amides is 1. The van der Waals surface area contributed by atoms with E-state index in [4.69, 9.17) is 44.8 Å². The number of halogens is 3. The minimum Gasteiger partial charge on any atom is -0.360 e. The number of rotatable bonds is 10. The number of H-pyrrole nitrogens is 2.